The Labute approximate surface area is 108 Å². The molecule has 0 heterocycles. The van der Waals surface area contributed by atoms with E-state index in [1.807, 2.05) is 6.92 Å². The summed E-state index contributed by atoms with van der Waals surface area (Å²) in [7, 11) is 0. The highest BCUT2D eigenvalue weighted by atomic mass is 16.4. The first kappa shape index (κ1) is 13.1. The van der Waals surface area contributed by atoms with E-state index < -0.39 is 5.97 Å². The quantitative estimate of drug-likeness (QED) is 0.817. The summed E-state index contributed by atoms with van der Waals surface area (Å²) in [5, 5.41) is 9.15. The van der Waals surface area contributed by atoms with E-state index >= 15 is 0 Å². The number of carboxylic acids is 1. The van der Waals surface area contributed by atoms with E-state index in [0.29, 0.717) is 6.42 Å². The molecular weight excluding hydrogens is 228 g/mol. The average molecular weight is 248 g/mol. The van der Waals surface area contributed by atoms with Crippen LogP contribution in [0.25, 0.3) is 0 Å². The second kappa shape index (κ2) is 4.71. The summed E-state index contributed by atoms with van der Waals surface area (Å²) >= 11 is 0. The van der Waals surface area contributed by atoms with E-state index in [-0.39, 0.29) is 17.6 Å². The van der Waals surface area contributed by atoms with Crippen LogP contribution in [0.15, 0.2) is 22.3 Å². The number of carbonyl (C=O) groups is 2. The monoisotopic (exact) mass is 248 g/mol. The molecule has 0 aromatic rings. The van der Waals surface area contributed by atoms with Gasteiger partial charge in [0.15, 0.2) is 5.78 Å². The molecule has 0 saturated heterocycles. The van der Waals surface area contributed by atoms with Gasteiger partial charge >= 0.3 is 5.97 Å². The first-order valence-electron chi connectivity index (χ1n) is 6.56. The zero-order valence-electron chi connectivity index (χ0n) is 11.2. The molecule has 0 amide bonds. The largest absolute Gasteiger partial charge is 0.481 e. The van der Waals surface area contributed by atoms with Crippen LogP contribution in [-0.4, -0.2) is 16.9 Å². The van der Waals surface area contributed by atoms with Gasteiger partial charge in [0.1, 0.15) is 0 Å². The summed E-state index contributed by atoms with van der Waals surface area (Å²) < 4.78 is 0. The highest BCUT2D eigenvalue weighted by Gasteiger charge is 2.33. The van der Waals surface area contributed by atoms with Crippen LogP contribution in [0.1, 0.15) is 46.5 Å². The van der Waals surface area contributed by atoms with Crippen LogP contribution in [0.4, 0.5) is 0 Å². The summed E-state index contributed by atoms with van der Waals surface area (Å²) in [6.45, 7) is 5.74. The van der Waals surface area contributed by atoms with Crippen molar-refractivity contribution in [2.24, 2.45) is 11.8 Å². The summed E-state index contributed by atoms with van der Waals surface area (Å²) in [5.41, 5.74) is 4.45. The lowest BCUT2D eigenvalue weighted by Gasteiger charge is -2.19. The highest BCUT2D eigenvalue weighted by Crippen LogP contribution is 2.42. The minimum atomic E-state index is -0.733. The summed E-state index contributed by atoms with van der Waals surface area (Å²) in [4.78, 5) is 22.9. The minimum absolute atomic E-state index is 0.144. The molecule has 0 saturated carbocycles. The number of Topliss-reactive ketones (excluding diaryl/α,β-unsaturated/α-hetero) is 1. The van der Waals surface area contributed by atoms with E-state index in [9.17, 15) is 9.59 Å². The molecular formula is C15H20O3. The number of hydrogen-bond donors (Lipinski definition) is 1. The molecule has 0 spiro atoms. The van der Waals surface area contributed by atoms with Crippen molar-refractivity contribution >= 4 is 11.8 Å². The molecule has 0 aromatic heterocycles. The van der Waals surface area contributed by atoms with Crippen molar-refractivity contribution in [2.45, 2.75) is 46.5 Å². The van der Waals surface area contributed by atoms with Crippen LogP contribution in [0.3, 0.4) is 0 Å². The number of carboxylic acid groups (broad SMARTS) is 1. The summed E-state index contributed by atoms with van der Waals surface area (Å²) in [5.74, 6) is -0.717. The van der Waals surface area contributed by atoms with Gasteiger partial charge in [-0.25, -0.2) is 0 Å². The summed E-state index contributed by atoms with van der Waals surface area (Å²) in [6, 6.07) is 0. The molecule has 98 valence electrons. The smallest absolute Gasteiger partial charge is 0.306 e. The topological polar surface area (TPSA) is 54.4 Å². The Morgan fingerprint density at radius 1 is 1.33 bits per heavy atom. The van der Waals surface area contributed by atoms with Gasteiger partial charge in [-0.15, -0.1) is 0 Å². The molecule has 0 aliphatic heterocycles. The molecule has 3 heteroatoms. The zero-order chi connectivity index (χ0) is 13.4. The number of hydrogen-bond acceptors (Lipinski definition) is 2. The minimum Gasteiger partial charge on any atom is -0.481 e. The van der Waals surface area contributed by atoms with Crippen LogP contribution < -0.4 is 0 Å². The fraction of sp³-hybridized carbons (Fsp3) is 0.600. The van der Waals surface area contributed by atoms with Crippen LogP contribution >= 0.6 is 0 Å². The van der Waals surface area contributed by atoms with Crippen molar-refractivity contribution in [3.05, 3.63) is 22.3 Å². The lowest BCUT2D eigenvalue weighted by molar-refractivity contribution is -0.143. The van der Waals surface area contributed by atoms with E-state index in [0.717, 1.165) is 30.4 Å². The Morgan fingerprint density at radius 2 is 2.00 bits per heavy atom. The van der Waals surface area contributed by atoms with Crippen molar-refractivity contribution in [3.63, 3.8) is 0 Å². The number of fused-ring (bicyclic) bond motifs is 1. The number of allylic oxidation sites excluding steroid dienone is 4. The third kappa shape index (κ3) is 2.14. The molecule has 2 aliphatic rings. The standard InChI is InChI=1S/C15H20O3/c1-8-4-5-11(9(2)15(17)18)6-13-10(3)14(16)7-12(8)13/h9,11H,4-7H2,1-3H3,(H,17,18)/t9-,11-/m1/s1. The van der Waals surface area contributed by atoms with Gasteiger partial charge in [0.25, 0.3) is 0 Å². The predicted molar refractivity (Wildman–Crippen MR) is 69.2 cm³/mol. The van der Waals surface area contributed by atoms with Gasteiger partial charge in [0.2, 0.25) is 0 Å². The van der Waals surface area contributed by atoms with E-state index in [4.69, 9.17) is 5.11 Å². The van der Waals surface area contributed by atoms with Gasteiger partial charge < -0.3 is 5.11 Å². The van der Waals surface area contributed by atoms with Gasteiger partial charge in [0.05, 0.1) is 5.92 Å². The second-order valence-electron chi connectivity index (χ2n) is 5.59. The lowest BCUT2D eigenvalue weighted by Crippen LogP contribution is -2.20. The third-order valence-corrected chi connectivity index (χ3v) is 4.54. The molecule has 3 nitrogen and oxygen atoms in total. The molecule has 1 N–H and O–H groups in total. The van der Waals surface area contributed by atoms with Gasteiger partial charge in [-0.2, -0.15) is 0 Å². The number of ketones is 1. The Hall–Kier alpha value is -1.38. The molecule has 0 unspecified atom stereocenters. The Bertz CT molecular complexity index is 468. The number of rotatable bonds is 2. The van der Waals surface area contributed by atoms with Crippen LogP contribution in [0.5, 0.6) is 0 Å². The molecule has 2 atom stereocenters. The number of aliphatic carboxylic acids is 1. The van der Waals surface area contributed by atoms with Gasteiger partial charge in [-0.3, -0.25) is 9.59 Å². The van der Waals surface area contributed by atoms with E-state index in [1.165, 1.54) is 11.1 Å². The SMILES string of the molecule is CC1=C2CC(=O)C(C)=C2C[C@H]([C@@H](C)C(=O)O)CC1. The first-order chi connectivity index (χ1) is 8.41. The maximum absolute atomic E-state index is 11.8. The second-order valence-corrected chi connectivity index (χ2v) is 5.59. The number of carbonyl (C=O) groups excluding carboxylic acids is 1. The lowest BCUT2D eigenvalue weighted by atomic mass is 9.85. The van der Waals surface area contributed by atoms with Gasteiger partial charge in [-0.05, 0) is 55.7 Å². The maximum Gasteiger partial charge on any atom is 0.306 e. The molecule has 18 heavy (non-hydrogen) atoms. The average Bonchev–Trinajstić information content (AvgIpc) is 2.50. The molecule has 0 bridgehead atoms. The zero-order valence-corrected chi connectivity index (χ0v) is 11.2. The molecule has 2 aliphatic carbocycles. The van der Waals surface area contributed by atoms with Crippen molar-refractivity contribution in [1.82, 2.24) is 0 Å². The van der Waals surface area contributed by atoms with E-state index in [2.05, 4.69) is 6.92 Å². The fourth-order valence-corrected chi connectivity index (χ4v) is 3.02. The highest BCUT2D eigenvalue weighted by molar-refractivity contribution is 6.02. The molecule has 0 fully saturated rings. The van der Waals surface area contributed by atoms with Crippen LogP contribution in [0, 0.1) is 11.8 Å². The first-order valence-corrected chi connectivity index (χ1v) is 6.56. The van der Waals surface area contributed by atoms with Crippen molar-refractivity contribution < 1.29 is 14.7 Å². The van der Waals surface area contributed by atoms with Crippen LogP contribution in [-0.2, 0) is 9.59 Å². The molecule has 0 aromatic carbocycles. The fourth-order valence-electron chi connectivity index (χ4n) is 3.02. The molecule has 2 rings (SSSR count). The van der Waals surface area contributed by atoms with Crippen molar-refractivity contribution in [3.8, 4) is 0 Å². The molecule has 0 radical (unpaired) electrons. The van der Waals surface area contributed by atoms with Crippen LogP contribution in [0.2, 0.25) is 0 Å². The van der Waals surface area contributed by atoms with Gasteiger partial charge in [-0.1, -0.05) is 12.5 Å². The van der Waals surface area contributed by atoms with Crippen molar-refractivity contribution in [1.29, 1.82) is 0 Å². The Balaban J connectivity index is 2.33. The summed E-state index contributed by atoms with van der Waals surface area (Å²) in [6.07, 6.45) is 3.11. The normalized spacial score (nSPS) is 26.2. The predicted octanol–water partition coefficient (Wildman–Crippen LogP) is 3.11. The Kier molecular flexibility index (Phi) is 3.42. The third-order valence-electron chi connectivity index (χ3n) is 4.54. The van der Waals surface area contributed by atoms with Crippen molar-refractivity contribution in [2.75, 3.05) is 0 Å². The maximum atomic E-state index is 11.8. The van der Waals surface area contributed by atoms with Gasteiger partial charge in [0, 0.05) is 6.42 Å². The Morgan fingerprint density at radius 3 is 2.61 bits per heavy atom. The van der Waals surface area contributed by atoms with E-state index in [1.54, 1.807) is 6.92 Å².